The number of hydrogen-bond donors (Lipinski definition) is 2. The number of para-hydroxylation sites is 2. The molecule has 1 unspecified atom stereocenters. The second-order valence-electron chi connectivity index (χ2n) is 9.70. The van der Waals surface area contributed by atoms with E-state index in [-0.39, 0.29) is 17.0 Å². The van der Waals surface area contributed by atoms with Gasteiger partial charge in [-0.3, -0.25) is 4.57 Å². The first-order valence-corrected chi connectivity index (χ1v) is 13.9. The quantitative estimate of drug-likeness (QED) is 0.253. The van der Waals surface area contributed by atoms with Crippen LogP contribution in [0.3, 0.4) is 0 Å². The summed E-state index contributed by atoms with van der Waals surface area (Å²) in [6.45, 7) is 3.28. The minimum absolute atomic E-state index is 0.00313. The zero-order chi connectivity index (χ0) is 26.1. The van der Waals surface area contributed by atoms with Gasteiger partial charge in [-0.25, -0.2) is 9.59 Å². The van der Waals surface area contributed by atoms with E-state index in [9.17, 15) is 9.59 Å². The van der Waals surface area contributed by atoms with Crippen molar-refractivity contribution in [2.24, 2.45) is 0 Å². The van der Waals surface area contributed by atoms with Crippen molar-refractivity contribution >= 4 is 29.0 Å². The van der Waals surface area contributed by atoms with Crippen LogP contribution in [-0.2, 0) is 6.61 Å². The topological polar surface area (TPSA) is 96.8 Å². The number of aromatic nitrogens is 2. The van der Waals surface area contributed by atoms with Crippen LogP contribution in [0, 0.1) is 0 Å². The second-order valence-corrected chi connectivity index (χ2v) is 10.9. The van der Waals surface area contributed by atoms with Gasteiger partial charge < -0.3 is 24.5 Å². The molecule has 2 aliphatic rings. The van der Waals surface area contributed by atoms with Crippen molar-refractivity contribution in [3.8, 4) is 11.5 Å². The number of carbonyl (C=O) groups is 1. The maximum atomic E-state index is 12.6. The maximum absolute atomic E-state index is 12.6. The molecule has 6 rings (SSSR count). The van der Waals surface area contributed by atoms with Gasteiger partial charge >= 0.3 is 11.8 Å². The fourth-order valence-electron chi connectivity index (χ4n) is 5.59. The molecule has 1 atom stereocenters. The predicted molar refractivity (Wildman–Crippen MR) is 147 cm³/mol. The lowest BCUT2D eigenvalue weighted by Crippen LogP contribution is -2.38. The average molecular weight is 532 g/mol. The third-order valence-electron chi connectivity index (χ3n) is 7.43. The Morgan fingerprint density at radius 2 is 1.84 bits per heavy atom. The van der Waals surface area contributed by atoms with Crippen molar-refractivity contribution in [1.82, 2.24) is 14.5 Å². The van der Waals surface area contributed by atoms with Crippen LogP contribution in [0.15, 0.2) is 71.5 Å². The van der Waals surface area contributed by atoms with Crippen LogP contribution in [-0.4, -0.2) is 51.1 Å². The summed E-state index contributed by atoms with van der Waals surface area (Å²) in [6, 6.07) is 21.6. The molecule has 8 nitrogen and oxygen atoms in total. The minimum Gasteiger partial charge on any atom is -0.489 e. The Balaban J connectivity index is 1.14. The molecule has 0 saturated carbocycles. The Morgan fingerprint density at radius 1 is 1.05 bits per heavy atom. The van der Waals surface area contributed by atoms with Gasteiger partial charge in [0.15, 0.2) is 0 Å². The van der Waals surface area contributed by atoms with Crippen molar-refractivity contribution in [3.05, 3.63) is 93.9 Å². The first-order valence-electron chi connectivity index (χ1n) is 12.9. The summed E-state index contributed by atoms with van der Waals surface area (Å²) >= 11 is 1.84. The highest BCUT2D eigenvalue weighted by Gasteiger charge is 2.27. The number of thioether (sulfide) groups is 1. The zero-order valence-electron chi connectivity index (χ0n) is 20.8. The summed E-state index contributed by atoms with van der Waals surface area (Å²) < 4.78 is 13.0. The number of fused-ring (bicyclic) bond motifs is 3. The molecule has 38 heavy (non-hydrogen) atoms. The molecular weight excluding hydrogens is 502 g/mol. The molecule has 3 aromatic carbocycles. The lowest BCUT2D eigenvalue weighted by Gasteiger charge is -2.32. The largest absolute Gasteiger partial charge is 0.511 e. The highest BCUT2D eigenvalue weighted by atomic mass is 32.2. The van der Waals surface area contributed by atoms with Crippen LogP contribution in [0.25, 0.3) is 11.0 Å². The van der Waals surface area contributed by atoms with Gasteiger partial charge in [0.05, 0.1) is 16.3 Å². The van der Waals surface area contributed by atoms with Crippen LogP contribution in [0.2, 0.25) is 0 Å². The number of likely N-dealkylation sites (tertiary alicyclic amines) is 1. The van der Waals surface area contributed by atoms with Crippen molar-refractivity contribution in [2.45, 2.75) is 30.7 Å². The van der Waals surface area contributed by atoms with Crippen LogP contribution in [0.5, 0.6) is 11.5 Å². The summed E-state index contributed by atoms with van der Waals surface area (Å²) in [6.07, 6.45) is 0.540. The molecule has 1 fully saturated rings. The fourth-order valence-corrected chi connectivity index (χ4v) is 6.96. The van der Waals surface area contributed by atoms with Crippen LogP contribution >= 0.6 is 11.8 Å². The first kappa shape index (κ1) is 24.6. The fraction of sp³-hybridized carbons (Fsp3) is 0.310. The van der Waals surface area contributed by atoms with Crippen molar-refractivity contribution in [2.75, 3.05) is 25.4 Å². The van der Waals surface area contributed by atoms with Crippen LogP contribution < -0.4 is 15.2 Å². The van der Waals surface area contributed by atoms with Crippen molar-refractivity contribution < 1.29 is 19.4 Å². The summed E-state index contributed by atoms with van der Waals surface area (Å²) in [5.74, 6) is 1.95. The molecule has 196 valence electrons. The Kier molecular flexibility index (Phi) is 6.86. The number of aromatic amines is 1. The number of piperidine rings is 1. The Bertz CT molecular complexity index is 1520. The molecule has 2 aliphatic heterocycles. The average Bonchev–Trinajstić information content (AvgIpc) is 3.18. The number of ether oxygens (including phenoxy) is 2. The molecule has 4 aromatic rings. The van der Waals surface area contributed by atoms with Gasteiger partial charge in [0.25, 0.3) is 0 Å². The maximum Gasteiger partial charge on any atom is 0.511 e. The van der Waals surface area contributed by atoms with Crippen LogP contribution in [0.1, 0.15) is 40.8 Å². The van der Waals surface area contributed by atoms with E-state index < -0.39 is 6.16 Å². The smallest absolute Gasteiger partial charge is 0.489 e. The number of hydrogen-bond acceptors (Lipinski definition) is 6. The van der Waals surface area contributed by atoms with Crippen LogP contribution in [0.4, 0.5) is 4.79 Å². The number of nitrogens with zero attached hydrogens (tertiary/aromatic N) is 2. The van der Waals surface area contributed by atoms with Gasteiger partial charge in [-0.1, -0.05) is 36.4 Å². The number of benzene rings is 3. The van der Waals surface area contributed by atoms with E-state index in [2.05, 4.69) is 22.0 Å². The molecule has 3 heterocycles. The first-order chi connectivity index (χ1) is 18.6. The summed E-state index contributed by atoms with van der Waals surface area (Å²) in [7, 11) is 0. The summed E-state index contributed by atoms with van der Waals surface area (Å²) in [5, 5.41) is 9.10. The number of rotatable bonds is 6. The molecule has 2 N–H and O–H groups in total. The summed E-state index contributed by atoms with van der Waals surface area (Å²) in [5.41, 5.74) is 5.08. The van der Waals surface area contributed by atoms with Crippen molar-refractivity contribution in [1.29, 1.82) is 0 Å². The normalized spacial score (nSPS) is 17.8. The molecule has 1 saturated heterocycles. The molecular formula is C29H29N3O5S. The third kappa shape index (κ3) is 4.91. The Labute approximate surface area is 224 Å². The third-order valence-corrected chi connectivity index (χ3v) is 8.69. The molecule has 0 spiro atoms. The molecule has 0 bridgehead atoms. The monoisotopic (exact) mass is 531 g/mol. The number of H-pyrrole nitrogens is 1. The molecule has 0 amide bonds. The highest BCUT2D eigenvalue weighted by molar-refractivity contribution is 7.99. The lowest BCUT2D eigenvalue weighted by atomic mass is 10.00. The molecule has 0 radical (unpaired) electrons. The molecule has 1 aromatic heterocycles. The standard InChI is InChI=1S/C29H29N3O5S/c33-28-30-24-7-3-4-8-25(24)32(28)20-11-13-31(14-12-20)15-16-38-27-22-6-2-1-5-19(22)18-36-26-10-9-21(17-23(26)27)37-29(34)35/h1-10,17,20,27H,11-16,18H2,(H,30,33)(H,34,35). The lowest BCUT2D eigenvalue weighted by molar-refractivity contribution is 0.144. The van der Waals surface area contributed by atoms with Gasteiger partial charge in [0, 0.05) is 37.0 Å². The number of nitrogens with one attached hydrogen (secondary N) is 1. The van der Waals surface area contributed by atoms with Gasteiger partial charge in [0.2, 0.25) is 0 Å². The molecule has 0 aliphatic carbocycles. The Hall–Kier alpha value is -3.69. The highest BCUT2D eigenvalue weighted by Crippen LogP contribution is 2.45. The zero-order valence-corrected chi connectivity index (χ0v) is 21.7. The number of carboxylic acid groups (broad SMARTS) is 1. The van der Waals surface area contributed by atoms with E-state index >= 15 is 0 Å². The SMILES string of the molecule is O=C(O)Oc1ccc2c(c1)C(SCCN1CCC(n3c(=O)[nH]c4ccccc43)CC1)c1ccccc1CO2. The van der Waals surface area contributed by atoms with E-state index in [1.807, 2.05) is 52.7 Å². The predicted octanol–water partition coefficient (Wildman–Crippen LogP) is 5.44. The molecule has 9 heteroatoms. The van der Waals surface area contributed by atoms with E-state index in [1.165, 1.54) is 5.56 Å². The van der Waals surface area contributed by atoms with Gasteiger partial charge in [-0.2, -0.15) is 0 Å². The summed E-state index contributed by atoms with van der Waals surface area (Å²) in [4.78, 5) is 29.2. The number of imidazole rings is 1. The Morgan fingerprint density at radius 3 is 2.68 bits per heavy atom. The second kappa shape index (κ2) is 10.6. The van der Waals surface area contributed by atoms with Crippen molar-refractivity contribution in [3.63, 3.8) is 0 Å². The van der Waals surface area contributed by atoms with Gasteiger partial charge in [-0.15, -0.1) is 11.8 Å². The van der Waals surface area contributed by atoms with Gasteiger partial charge in [-0.05, 0) is 54.3 Å². The van der Waals surface area contributed by atoms with E-state index in [0.29, 0.717) is 12.4 Å². The van der Waals surface area contributed by atoms with E-state index in [4.69, 9.17) is 14.6 Å². The van der Waals surface area contributed by atoms with E-state index in [0.717, 1.165) is 66.1 Å². The minimum atomic E-state index is -1.33. The van der Waals surface area contributed by atoms with E-state index in [1.54, 1.807) is 18.2 Å². The van der Waals surface area contributed by atoms with Gasteiger partial charge in [0.1, 0.15) is 18.1 Å².